The molecule has 0 radical (unpaired) electrons. The summed E-state index contributed by atoms with van der Waals surface area (Å²) in [5.41, 5.74) is 4.93. The minimum Gasteiger partial charge on any atom is -0.448 e. The molecule has 0 aliphatic heterocycles. The van der Waals surface area contributed by atoms with E-state index in [1.165, 1.54) is 0 Å². The van der Waals surface area contributed by atoms with Gasteiger partial charge in [-0.2, -0.15) is 8.78 Å². The van der Waals surface area contributed by atoms with Crippen LogP contribution in [0.3, 0.4) is 0 Å². The predicted molar refractivity (Wildman–Crippen MR) is 43.4 cm³/mol. The van der Waals surface area contributed by atoms with Gasteiger partial charge in [-0.05, 0) is 13.0 Å². The fourth-order valence-corrected chi connectivity index (χ4v) is 0.881. The van der Waals surface area contributed by atoms with Crippen molar-refractivity contribution in [2.75, 3.05) is 6.54 Å². The van der Waals surface area contributed by atoms with E-state index in [0.29, 0.717) is 25.3 Å². The highest BCUT2D eigenvalue weighted by molar-refractivity contribution is 5.03. The van der Waals surface area contributed by atoms with Crippen molar-refractivity contribution in [1.82, 2.24) is 4.98 Å². The minimum atomic E-state index is -2.93. The summed E-state index contributed by atoms with van der Waals surface area (Å²) < 4.78 is 30.1. The molecule has 1 rings (SSSR count). The summed E-state index contributed by atoms with van der Waals surface area (Å²) >= 11 is 0. The normalized spacial score (nSPS) is 12.0. The lowest BCUT2D eigenvalue weighted by atomic mass is 10.3. The van der Waals surface area contributed by atoms with E-state index in [2.05, 4.69) is 4.98 Å². The molecule has 0 bridgehead atoms. The highest BCUT2D eigenvalue weighted by atomic mass is 19.3. The summed E-state index contributed by atoms with van der Waals surface area (Å²) in [6, 6.07) is 0. The molecule has 0 aliphatic rings. The average molecular weight is 190 g/mol. The van der Waals surface area contributed by atoms with E-state index >= 15 is 0 Å². The summed E-state index contributed by atoms with van der Waals surface area (Å²) in [5.74, 6) is -2.60. The van der Waals surface area contributed by atoms with Crippen LogP contribution in [0.25, 0.3) is 0 Å². The number of aromatic nitrogens is 1. The summed E-state index contributed by atoms with van der Waals surface area (Å²) in [4.78, 5) is 3.65. The zero-order valence-electron chi connectivity index (χ0n) is 7.39. The smallest absolute Gasteiger partial charge is 0.290 e. The first kappa shape index (κ1) is 10.1. The SMILES string of the molecule is CC(F)(F)c1coc(CCCN)n1. The molecule has 5 heteroatoms. The molecule has 1 heterocycles. The van der Waals surface area contributed by atoms with E-state index in [-0.39, 0.29) is 5.69 Å². The Bertz CT molecular complexity index is 267. The summed E-state index contributed by atoms with van der Waals surface area (Å²) in [6.07, 6.45) is 2.19. The zero-order valence-corrected chi connectivity index (χ0v) is 7.39. The zero-order chi connectivity index (χ0) is 9.90. The number of rotatable bonds is 4. The van der Waals surface area contributed by atoms with Crippen molar-refractivity contribution < 1.29 is 13.2 Å². The number of nitrogens with two attached hydrogens (primary N) is 1. The molecular formula is C8H12F2N2O. The third-order valence-electron chi connectivity index (χ3n) is 1.60. The van der Waals surface area contributed by atoms with Gasteiger partial charge in [0, 0.05) is 13.3 Å². The maximum Gasteiger partial charge on any atom is 0.290 e. The Morgan fingerprint density at radius 3 is 2.77 bits per heavy atom. The van der Waals surface area contributed by atoms with Crippen LogP contribution in [0, 0.1) is 0 Å². The number of alkyl halides is 2. The largest absolute Gasteiger partial charge is 0.448 e. The van der Waals surface area contributed by atoms with Crippen LogP contribution in [0.4, 0.5) is 8.78 Å². The molecule has 0 spiro atoms. The van der Waals surface area contributed by atoms with Crippen molar-refractivity contribution in [2.45, 2.75) is 25.7 Å². The molecule has 0 atom stereocenters. The van der Waals surface area contributed by atoms with Gasteiger partial charge in [-0.25, -0.2) is 4.98 Å². The number of oxazole rings is 1. The third kappa shape index (κ3) is 2.77. The molecule has 1 aromatic rings. The van der Waals surface area contributed by atoms with Crippen LogP contribution >= 0.6 is 0 Å². The Morgan fingerprint density at radius 2 is 2.31 bits per heavy atom. The summed E-state index contributed by atoms with van der Waals surface area (Å²) in [7, 11) is 0. The Kier molecular flexibility index (Phi) is 2.98. The molecule has 0 amide bonds. The van der Waals surface area contributed by atoms with Crippen molar-refractivity contribution >= 4 is 0 Å². The van der Waals surface area contributed by atoms with Gasteiger partial charge in [0.15, 0.2) is 5.89 Å². The molecule has 3 nitrogen and oxygen atoms in total. The van der Waals surface area contributed by atoms with E-state index in [1.54, 1.807) is 0 Å². The second kappa shape index (κ2) is 3.83. The van der Waals surface area contributed by atoms with E-state index in [4.69, 9.17) is 10.2 Å². The number of hydrogen-bond donors (Lipinski definition) is 1. The monoisotopic (exact) mass is 190 g/mol. The summed E-state index contributed by atoms with van der Waals surface area (Å²) in [5, 5.41) is 0. The first-order valence-corrected chi connectivity index (χ1v) is 4.07. The highest BCUT2D eigenvalue weighted by Gasteiger charge is 2.28. The van der Waals surface area contributed by atoms with Crippen LogP contribution in [0.5, 0.6) is 0 Å². The molecular weight excluding hydrogens is 178 g/mol. The topological polar surface area (TPSA) is 52.0 Å². The number of nitrogens with zero attached hydrogens (tertiary/aromatic N) is 1. The Morgan fingerprint density at radius 1 is 1.62 bits per heavy atom. The van der Waals surface area contributed by atoms with Gasteiger partial charge in [0.1, 0.15) is 12.0 Å². The van der Waals surface area contributed by atoms with Gasteiger partial charge in [-0.15, -0.1) is 0 Å². The van der Waals surface area contributed by atoms with Crippen molar-refractivity contribution in [1.29, 1.82) is 0 Å². The van der Waals surface area contributed by atoms with E-state index in [9.17, 15) is 8.78 Å². The molecule has 74 valence electrons. The van der Waals surface area contributed by atoms with Gasteiger partial charge in [-0.3, -0.25) is 0 Å². The lowest BCUT2D eigenvalue weighted by molar-refractivity contribution is 0.0126. The van der Waals surface area contributed by atoms with Gasteiger partial charge in [0.25, 0.3) is 5.92 Å². The molecule has 0 aromatic carbocycles. The number of halogens is 2. The minimum absolute atomic E-state index is 0.320. The maximum absolute atomic E-state index is 12.6. The highest BCUT2D eigenvalue weighted by Crippen LogP contribution is 2.25. The molecule has 2 N–H and O–H groups in total. The average Bonchev–Trinajstić information content (AvgIpc) is 2.47. The van der Waals surface area contributed by atoms with Gasteiger partial charge >= 0.3 is 0 Å². The summed E-state index contributed by atoms with van der Waals surface area (Å²) in [6.45, 7) is 1.29. The second-order valence-electron chi connectivity index (χ2n) is 2.91. The Labute approximate surface area is 74.9 Å². The van der Waals surface area contributed by atoms with Gasteiger partial charge in [0.2, 0.25) is 0 Å². The number of aryl methyl sites for hydroxylation is 1. The fraction of sp³-hybridized carbons (Fsp3) is 0.625. The number of hydrogen-bond acceptors (Lipinski definition) is 3. The van der Waals surface area contributed by atoms with Crippen molar-refractivity contribution in [2.24, 2.45) is 5.73 Å². The lowest BCUT2D eigenvalue weighted by Gasteiger charge is -2.03. The molecule has 0 aliphatic carbocycles. The van der Waals surface area contributed by atoms with Crippen molar-refractivity contribution in [3.63, 3.8) is 0 Å². The van der Waals surface area contributed by atoms with Gasteiger partial charge < -0.3 is 10.2 Å². The van der Waals surface area contributed by atoms with Crippen LogP contribution in [-0.2, 0) is 12.3 Å². The van der Waals surface area contributed by atoms with Crippen LogP contribution in [-0.4, -0.2) is 11.5 Å². The molecule has 0 unspecified atom stereocenters. The standard InChI is InChI=1S/C8H12F2N2O/c1-8(9,10)6-5-13-7(12-6)3-2-4-11/h5H,2-4,11H2,1H3. The first-order chi connectivity index (χ1) is 6.04. The lowest BCUT2D eigenvalue weighted by Crippen LogP contribution is -2.07. The molecule has 1 aromatic heterocycles. The van der Waals surface area contributed by atoms with E-state index < -0.39 is 5.92 Å². The predicted octanol–water partition coefficient (Wildman–Crippen LogP) is 1.68. The van der Waals surface area contributed by atoms with Crippen LogP contribution < -0.4 is 5.73 Å². The van der Waals surface area contributed by atoms with E-state index in [0.717, 1.165) is 13.2 Å². The van der Waals surface area contributed by atoms with Crippen LogP contribution in [0.15, 0.2) is 10.7 Å². The van der Waals surface area contributed by atoms with E-state index in [1.807, 2.05) is 0 Å². The van der Waals surface area contributed by atoms with Gasteiger partial charge in [-0.1, -0.05) is 0 Å². The fourth-order valence-electron chi connectivity index (χ4n) is 0.881. The maximum atomic E-state index is 12.6. The third-order valence-corrected chi connectivity index (χ3v) is 1.60. The molecule has 0 fully saturated rings. The van der Waals surface area contributed by atoms with Crippen LogP contribution in [0.1, 0.15) is 24.9 Å². The van der Waals surface area contributed by atoms with Gasteiger partial charge in [0.05, 0.1) is 0 Å². The second-order valence-corrected chi connectivity index (χ2v) is 2.91. The Balaban J connectivity index is 2.64. The first-order valence-electron chi connectivity index (χ1n) is 4.07. The molecule has 13 heavy (non-hydrogen) atoms. The quantitative estimate of drug-likeness (QED) is 0.785. The molecule has 0 saturated heterocycles. The van der Waals surface area contributed by atoms with Crippen molar-refractivity contribution in [3.05, 3.63) is 17.8 Å². The Hall–Kier alpha value is -0.970. The van der Waals surface area contributed by atoms with Crippen molar-refractivity contribution in [3.8, 4) is 0 Å². The molecule has 0 saturated carbocycles. The van der Waals surface area contributed by atoms with Crippen LogP contribution in [0.2, 0.25) is 0 Å².